The molecule has 0 aromatic carbocycles. The molecule has 0 bridgehead atoms. The summed E-state index contributed by atoms with van der Waals surface area (Å²) in [7, 11) is 3.39. The Labute approximate surface area is 119 Å². The van der Waals surface area contributed by atoms with Crippen molar-refractivity contribution in [1.82, 2.24) is 14.5 Å². The Bertz CT molecular complexity index is 697. The van der Waals surface area contributed by atoms with Crippen LogP contribution in [-0.2, 0) is 13.6 Å². The number of anilines is 1. The van der Waals surface area contributed by atoms with Gasteiger partial charge in [0.25, 0.3) is 0 Å². The van der Waals surface area contributed by atoms with Crippen molar-refractivity contribution >= 4 is 17.5 Å². The Hall–Kier alpha value is -2.97. The first-order chi connectivity index (χ1) is 9.90. The topological polar surface area (TPSA) is 114 Å². The van der Waals surface area contributed by atoms with Crippen molar-refractivity contribution in [2.24, 2.45) is 7.05 Å². The van der Waals surface area contributed by atoms with Crippen LogP contribution in [0.4, 0.5) is 11.5 Å². The predicted octanol–water partition coefficient (Wildman–Crippen LogP) is 1.06. The van der Waals surface area contributed by atoms with Gasteiger partial charge in [-0.15, -0.1) is 0 Å². The standard InChI is InChI=1S/C12H13N5O4/c1-15-6-5-13-10(15)7-16(2)11-9(17(20)21)4-3-8(14-11)12(18)19/h3-6H,7H2,1-2H3,(H,18,19). The van der Waals surface area contributed by atoms with Gasteiger partial charge in [0.2, 0.25) is 5.82 Å². The highest BCUT2D eigenvalue weighted by Crippen LogP contribution is 2.26. The number of carbonyl (C=O) groups is 1. The van der Waals surface area contributed by atoms with E-state index in [2.05, 4.69) is 9.97 Å². The van der Waals surface area contributed by atoms with Crippen molar-refractivity contribution in [2.75, 3.05) is 11.9 Å². The predicted molar refractivity (Wildman–Crippen MR) is 73.2 cm³/mol. The van der Waals surface area contributed by atoms with Crippen LogP contribution in [0.1, 0.15) is 16.3 Å². The summed E-state index contributed by atoms with van der Waals surface area (Å²) >= 11 is 0. The van der Waals surface area contributed by atoms with Gasteiger partial charge in [-0.3, -0.25) is 10.1 Å². The van der Waals surface area contributed by atoms with Crippen LogP contribution in [-0.4, -0.2) is 37.6 Å². The van der Waals surface area contributed by atoms with Gasteiger partial charge in [0.15, 0.2) is 5.69 Å². The lowest BCUT2D eigenvalue weighted by molar-refractivity contribution is -0.384. The summed E-state index contributed by atoms with van der Waals surface area (Å²) in [4.78, 5) is 30.9. The Morgan fingerprint density at radius 2 is 2.24 bits per heavy atom. The number of imidazole rings is 1. The molecule has 0 fully saturated rings. The molecule has 110 valence electrons. The van der Waals surface area contributed by atoms with E-state index in [9.17, 15) is 14.9 Å². The number of aromatic carboxylic acids is 1. The highest BCUT2D eigenvalue weighted by molar-refractivity contribution is 5.86. The SMILES string of the molecule is CN(Cc1nccn1C)c1nc(C(=O)O)ccc1[N+](=O)[O-]. The van der Waals surface area contributed by atoms with Crippen LogP contribution in [0.25, 0.3) is 0 Å². The van der Waals surface area contributed by atoms with Gasteiger partial charge >= 0.3 is 11.7 Å². The van der Waals surface area contributed by atoms with Crippen LogP contribution < -0.4 is 4.90 Å². The molecule has 0 aliphatic heterocycles. The Kier molecular flexibility index (Phi) is 3.83. The molecule has 2 aromatic heterocycles. The molecular formula is C12H13N5O4. The molecule has 0 atom stereocenters. The van der Waals surface area contributed by atoms with E-state index in [0.717, 1.165) is 12.1 Å². The van der Waals surface area contributed by atoms with E-state index in [1.807, 2.05) is 0 Å². The van der Waals surface area contributed by atoms with Crippen molar-refractivity contribution in [3.05, 3.63) is 46.2 Å². The summed E-state index contributed by atoms with van der Waals surface area (Å²) in [5, 5.41) is 20.0. The third-order valence-corrected chi connectivity index (χ3v) is 2.93. The van der Waals surface area contributed by atoms with E-state index in [4.69, 9.17) is 5.11 Å². The number of pyridine rings is 1. The Balaban J connectivity index is 2.39. The fourth-order valence-electron chi connectivity index (χ4n) is 1.82. The lowest BCUT2D eigenvalue weighted by atomic mass is 10.3. The number of nitrogens with zero attached hydrogens (tertiary/aromatic N) is 5. The first-order valence-electron chi connectivity index (χ1n) is 5.96. The number of rotatable bonds is 5. The molecule has 0 spiro atoms. The van der Waals surface area contributed by atoms with Gasteiger partial charge in [0.1, 0.15) is 5.82 Å². The fraction of sp³-hybridized carbons (Fsp3) is 0.250. The molecule has 0 unspecified atom stereocenters. The van der Waals surface area contributed by atoms with E-state index < -0.39 is 10.9 Å². The third-order valence-electron chi connectivity index (χ3n) is 2.93. The van der Waals surface area contributed by atoms with Crippen molar-refractivity contribution in [2.45, 2.75) is 6.54 Å². The van der Waals surface area contributed by atoms with Crippen molar-refractivity contribution in [3.8, 4) is 0 Å². The number of carboxylic acids is 1. The number of hydrogen-bond donors (Lipinski definition) is 1. The maximum absolute atomic E-state index is 11.0. The molecular weight excluding hydrogens is 278 g/mol. The summed E-state index contributed by atoms with van der Waals surface area (Å²) in [6.07, 6.45) is 3.36. The van der Waals surface area contributed by atoms with Crippen molar-refractivity contribution < 1.29 is 14.8 Å². The van der Waals surface area contributed by atoms with E-state index in [-0.39, 0.29) is 23.7 Å². The van der Waals surface area contributed by atoms with E-state index >= 15 is 0 Å². The van der Waals surface area contributed by atoms with Gasteiger partial charge in [-0.25, -0.2) is 14.8 Å². The monoisotopic (exact) mass is 291 g/mol. The largest absolute Gasteiger partial charge is 0.477 e. The summed E-state index contributed by atoms with van der Waals surface area (Å²) in [6, 6.07) is 2.25. The third kappa shape index (κ3) is 2.96. The zero-order valence-electron chi connectivity index (χ0n) is 11.4. The minimum Gasteiger partial charge on any atom is -0.477 e. The summed E-state index contributed by atoms with van der Waals surface area (Å²) in [6.45, 7) is 0.264. The molecule has 0 saturated heterocycles. The maximum Gasteiger partial charge on any atom is 0.354 e. The molecule has 0 aliphatic carbocycles. The summed E-state index contributed by atoms with van der Waals surface area (Å²) < 4.78 is 1.77. The molecule has 0 aliphatic rings. The second-order valence-electron chi connectivity index (χ2n) is 4.41. The van der Waals surface area contributed by atoms with Crippen LogP contribution in [0.5, 0.6) is 0 Å². The zero-order chi connectivity index (χ0) is 15.6. The van der Waals surface area contributed by atoms with Crippen molar-refractivity contribution in [3.63, 3.8) is 0 Å². The highest BCUT2D eigenvalue weighted by Gasteiger charge is 2.22. The second-order valence-corrected chi connectivity index (χ2v) is 4.41. The van der Waals surface area contributed by atoms with Gasteiger partial charge in [-0.1, -0.05) is 0 Å². The lowest BCUT2D eigenvalue weighted by Gasteiger charge is -2.17. The summed E-state index contributed by atoms with van der Waals surface area (Å²) in [5.74, 6) is -0.575. The molecule has 1 N–H and O–H groups in total. The van der Waals surface area contributed by atoms with Gasteiger partial charge in [-0.05, 0) is 6.07 Å². The molecule has 2 rings (SSSR count). The highest BCUT2D eigenvalue weighted by atomic mass is 16.6. The zero-order valence-corrected chi connectivity index (χ0v) is 11.4. The van der Waals surface area contributed by atoms with E-state index in [1.165, 1.54) is 4.90 Å². The number of nitro groups is 1. The lowest BCUT2D eigenvalue weighted by Crippen LogP contribution is -2.22. The summed E-state index contributed by atoms with van der Waals surface area (Å²) in [5.41, 5.74) is -0.501. The molecule has 2 aromatic rings. The first kappa shape index (κ1) is 14.4. The molecule has 21 heavy (non-hydrogen) atoms. The molecule has 0 radical (unpaired) electrons. The average molecular weight is 291 g/mol. The van der Waals surface area contributed by atoms with E-state index in [1.54, 1.807) is 31.1 Å². The Morgan fingerprint density at radius 3 is 2.76 bits per heavy atom. The smallest absolute Gasteiger partial charge is 0.354 e. The normalized spacial score (nSPS) is 10.4. The van der Waals surface area contributed by atoms with Gasteiger partial charge in [0, 0.05) is 32.6 Å². The van der Waals surface area contributed by atoms with Crippen molar-refractivity contribution in [1.29, 1.82) is 0 Å². The molecule has 2 heterocycles. The van der Waals surface area contributed by atoms with Gasteiger partial charge < -0.3 is 14.6 Å². The second kappa shape index (κ2) is 5.57. The minimum absolute atomic E-state index is 0.0112. The first-order valence-corrected chi connectivity index (χ1v) is 5.96. The van der Waals surface area contributed by atoms with Crippen LogP contribution in [0.2, 0.25) is 0 Å². The van der Waals surface area contributed by atoms with Crippen LogP contribution in [0.15, 0.2) is 24.5 Å². The quantitative estimate of drug-likeness (QED) is 0.646. The van der Waals surface area contributed by atoms with E-state index in [0.29, 0.717) is 5.82 Å². The van der Waals surface area contributed by atoms with Crippen LogP contribution >= 0.6 is 0 Å². The molecule has 9 heteroatoms. The molecule has 0 amide bonds. The molecule has 9 nitrogen and oxygen atoms in total. The number of carboxylic acid groups (broad SMARTS) is 1. The number of aryl methyl sites for hydroxylation is 1. The Morgan fingerprint density at radius 1 is 1.52 bits per heavy atom. The average Bonchev–Trinajstić information content (AvgIpc) is 2.83. The maximum atomic E-state index is 11.0. The van der Waals surface area contributed by atoms with Gasteiger partial charge in [-0.2, -0.15) is 0 Å². The number of hydrogen-bond acceptors (Lipinski definition) is 6. The number of aromatic nitrogens is 3. The van der Waals surface area contributed by atoms with Crippen LogP contribution in [0, 0.1) is 10.1 Å². The fourth-order valence-corrected chi connectivity index (χ4v) is 1.82. The minimum atomic E-state index is -1.24. The van der Waals surface area contributed by atoms with Gasteiger partial charge in [0.05, 0.1) is 11.5 Å². The van der Waals surface area contributed by atoms with Crippen LogP contribution in [0.3, 0.4) is 0 Å². The molecule has 0 saturated carbocycles.